The summed E-state index contributed by atoms with van der Waals surface area (Å²) in [5, 5.41) is 2.85. The normalized spacial score (nSPS) is 11.1. The first-order chi connectivity index (χ1) is 13.0. The molecule has 0 aliphatic heterocycles. The second kappa shape index (κ2) is 7.94. The van der Waals surface area contributed by atoms with Crippen LogP contribution in [0.3, 0.4) is 0 Å². The number of nitrogens with one attached hydrogen (secondary N) is 1. The Bertz CT molecular complexity index is 902. The topological polar surface area (TPSA) is 56.3 Å². The van der Waals surface area contributed by atoms with E-state index in [2.05, 4.69) is 15.3 Å². The van der Waals surface area contributed by atoms with Crippen LogP contribution < -0.4 is 14.8 Å². The van der Waals surface area contributed by atoms with Crippen LogP contribution in [0, 0.1) is 0 Å². The number of halogens is 3. The summed E-state index contributed by atoms with van der Waals surface area (Å²) in [4.78, 5) is 7.65. The lowest BCUT2D eigenvalue weighted by Gasteiger charge is -2.14. The number of methoxy groups -OCH3 is 1. The molecular formula is C19H16F3N3O2. The molecule has 1 aromatic heterocycles. The number of rotatable bonds is 6. The maximum Gasteiger partial charge on any atom is 0.423 e. The molecule has 0 aliphatic rings. The molecular weight excluding hydrogens is 359 g/mol. The molecule has 3 rings (SSSR count). The van der Waals surface area contributed by atoms with Gasteiger partial charge in [0.15, 0.2) is 0 Å². The summed E-state index contributed by atoms with van der Waals surface area (Å²) in [5.74, 6) is 0.0403. The van der Waals surface area contributed by atoms with Crippen LogP contribution in [-0.2, 0) is 12.8 Å². The summed E-state index contributed by atoms with van der Waals surface area (Å²) in [6, 6.07) is 15.7. The van der Waals surface area contributed by atoms with Gasteiger partial charge in [-0.15, -0.1) is 0 Å². The zero-order chi connectivity index (χ0) is 19.3. The van der Waals surface area contributed by atoms with Gasteiger partial charge in [0.25, 0.3) is 0 Å². The Morgan fingerprint density at radius 1 is 1.04 bits per heavy atom. The second-order valence-corrected chi connectivity index (χ2v) is 5.54. The van der Waals surface area contributed by atoms with E-state index in [4.69, 9.17) is 9.47 Å². The molecule has 0 amide bonds. The number of anilines is 2. The number of ether oxygens (including phenoxy) is 2. The van der Waals surface area contributed by atoms with Crippen LogP contribution in [0.4, 0.5) is 24.8 Å². The Morgan fingerprint density at radius 3 is 2.52 bits per heavy atom. The Labute approximate surface area is 153 Å². The minimum atomic E-state index is -4.62. The lowest BCUT2D eigenvalue weighted by molar-refractivity contribution is -0.139. The molecule has 1 heterocycles. The van der Waals surface area contributed by atoms with Gasteiger partial charge in [0.05, 0.1) is 7.11 Å². The number of hydrogen-bond acceptors (Lipinski definition) is 5. The third-order valence-corrected chi connectivity index (χ3v) is 3.60. The zero-order valence-corrected chi connectivity index (χ0v) is 14.3. The largest absolute Gasteiger partial charge is 0.497 e. The van der Waals surface area contributed by atoms with Crippen molar-refractivity contribution in [2.45, 2.75) is 12.8 Å². The fourth-order valence-corrected chi connectivity index (χ4v) is 2.29. The van der Waals surface area contributed by atoms with E-state index in [1.807, 2.05) is 6.07 Å². The highest BCUT2D eigenvalue weighted by Crippen LogP contribution is 2.35. The van der Waals surface area contributed by atoms with Crippen molar-refractivity contribution in [2.24, 2.45) is 0 Å². The average Bonchev–Trinajstić information content (AvgIpc) is 2.66. The molecule has 1 N–H and O–H groups in total. The van der Waals surface area contributed by atoms with Gasteiger partial charge in [-0.25, -0.2) is 4.98 Å². The van der Waals surface area contributed by atoms with Crippen molar-refractivity contribution < 1.29 is 22.6 Å². The van der Waals surface area contributed by atoms with Crippen LogP contribution in [0.2, 0.25) is 0 Å². The van der Waals surface area contributed by atoms with Gasteiger partial charge in [-0.1, -0.05) is 36.4 Å². The van der Waals surface area contributed by atoms with Crippen LogP contribution in [0.15, 0.2) is 60.8 Å². The van der Waals surface area contributed by atoms with E-state index in [9.17, 15) is 13.2 Å². The molecule has 0 saturated heterocycles. The summed E-state index contributed by atoms with van der Waals surface area (Å²) >= 11 is 0. The number of aromatic nitrogens is 2. The van der Waals surface area contributed by atoms with Gasteiger partial charge < -0.3 is 14.8 Å². The highest BCUT2D eigenvalue weighted by atomic mass is 19.4. The van der Waals surface area contributed by atoms with Crippen LogP contribution in [0.5, 0.6) is 11.6 Å². The lowest BCUT2D eigenvalue weighted by Crippen LogP contribution is -2.12. The third kappa shape index (κ3) is 4.87. The highest BCUT2D eigenvalue weighted by molar-refractivity contribution is 5.56. The van der Waals surface area contributed by atoms with Crippen LogP contribution in [-0.4, -0.2) is 17.1 Å². The predicted molar refractivity (Wildman–Crippen MR) is 94.1 cm³/mol. The number of benzene rings is 2. The zero-order valence-electron chi connectivity index (χ0n) is 14.3. The molecule has 8 heteroatoms. The fraction of sp³-hybridized carbons (Fsp3) is 0.158. The van der Waals surface area contributed by atoms with Crippen molar-refractivity contribution >= 4 is 11.6 Å². The summed E-state index contributed by atoms with van der Waals surface area (Å²) in [5.41, 5.74) is 0.268. The minimum absolute atomic E-state index is 0.0145. The molecule has 3 aromatic rings. The van der Waals surface area contributed by atoms with Crippen LogP contribution >= 0.6 is 0 Å². The van der Waals surface area contributed by atoms with Crippen molar-refractivity contribution in [3.8, 4) is 11.6 Å². The smallest absolute Gasteiger partial charge is 0.423 e. The van der Waals surface area contributed by atoms with Crippen LogP contribution in [0.25, 0.3) is 0 Å². The van der Waals surface area contributed by atoms with Crippen molar-refractivity contribution in [2.75, 3.05) is 12.4 Å². The molecule has 0 aliphatic carbocycles. The fourth-order valence-electron chi connectivity index (χ4n) is 2.29. The van der Waals surface area contributed by atoms with Crippen molar-refractivity contribution in [1.29, 1.82) is 0 Å². The molecule has 0 saturated carbocycles. The predicted octanol–water partition coefficient (Wildman–Crippen LogP) is 4.83. The summed E-state index contributed by atoms with van der Waals surface area (Å²) in [7, 11) is 1.52. The van der Waals surface area contributed by atoms with E-state index in [0.29, 0.717) is 17.6 Å². The average molecular weight is 375 g/mol. The first-order valence-corrected chi connectivity index (χ1v) is 7.98. The van der Waals surface area contributed by atoms with Crippen molar-refractivity contribution in [3.05, 3.63) is 71.9 Å². The molecule has 0 bridgehead atoms. The molecule has 140 valence electrons. The number of nitrogens with zero attached hydrogens (tertiary/aromatic N) is 2. The molecule has 0 spiro atoms. The Kier molecular flexibility index (Phi) is 5.44. The minimum Gasteiger partial charge on any atom is -0.497 e. The number of alkyl halides is 3. The van der Waals surface area contributed by atoms with E-state index < -0.39 is 17.6 Å². The quantitative estimate of drug-likeness (QED) is 0.669. The van der Waals surface area contributed by atoms with Gasteiger partial charge in [0.1, 0.15) is 17.9 Å². The summed E-state index contributed by atoms with van der Waals surface area (Å²) in [6.07, 6.45) is -3.92. The van der Waals surface area contributed by atoms with Gasteiger partial charge in [0, 0.05) is 18.0 Å². The second-order valence-electron chi connectivity index (χ2n) is 5.54. The van der Waals surface area contributed by atoms with Gasteiger partial charge >= 0.3 is 6.18 Å². The Morgan fingerprint density at radius 2 is 1.81 bits per heavy atom. The molecule has 0 unspecified atom stereocenters. The molecule has 27 heavy (non-hydrogen) atoms. The van der Waals surface area contributed by atoms with Crippen LogP contribution in [0.1, 0.15) is 11.1 Å². The molecule has 0 atom stereocenters. The molecule has 0 radical (unpaired) electrons. The van der Waals surface area contributed by atoms with E-state index >= 15 is 0 Å². The first kappa shape index (κ1) is 18.5. The SMILES string of the molecule is COc1cccc(Nc2ncc(C(F)(F)F)c(OCc3ccccc3)n2)c1. The van der Waals surface area contributed by atoms with Gasteiger partial charge in [0.2, 0.25) is 11.8 Å². The molecule has 2 aromatic carbocycles. The monoisotopic (exact) mass is 375 g/mol. The third-order valence-electron chi connectivity index (χ3n) is 3.60. The van der Waals surface area contributed by atoms with Gasteiger partial charge in [-0.2, -0.15) is 18.2 Å². The Balaban J connectivity index is 1.85. The lowest BCUT2D eigenvalue weighted by atomic mass is 10.2. The summed E-state index contributed by atoms with van der Waals surface area (Å²) < 4.78 is 50.2. The molecule has 5 nitrogen and oxygen atoms in total. The van der Waals surface area contributed by atoms with Gasteiger partial charge in [-0.3, -0.25) is 0 Å². The van der Waals surface area contributed by atoms with E-state index in [-0.39, 0.29) is 12.6 Å². The van der Waals surface area contributed by atoms with E-state index in [1.165, 1.54) is 7.11 Å². The van der Waals surface area contributed by atoms with Crippen molar-refractivity contribution in [1.82, 2.24) is 9.97 Å². The maximum atomic E-state index is 13.2. The summed E-state index contributed by atoms with van der Waals surface area (Å²) in [6.45, 7) is -0.0421. The van der Waals surface area contributed by atoms with Crippen molar-refractivity contribution in [3.63, 3.8) is 0 Å². The molecule has 0 fully saturated rings. The first-order valence-electron chi connectivity index (χ1n) is 7.98. The standard InChI is InChI=1S/C19H16F3N3O2/c1-26-15-9-5-8-14(10-15)24-18-23-11-16(19(20,21)22)17(25-18)27-12-13-6-3-2-4-7-13/h2-11H,12H2,1H3,(H,23,24,25). The Hall–Kier alpha value is -3.29. The van der Waals surface area contributed by atoms with Gasteiger partial charge in [-0.05, 0) is 17.7 Å². The van der Waals surface area contributed by atoms with E-state index in [1.54, 1.807) is 48.5 Å². The van der Waals surface area contributed by atoms with E-state index in [0.717, 1.165) is 5.56 Å². The number of hydrogen-bond donors (Lipinski definition) is 1. The highest BCUT2D eigenvalue weighted by Gasteiger charge is 2.36. The maximum absolute atomic E-state index is 13.2.